The Morgan fingerprint density at radius 1 is 1.06 bits per heavy atom. The molecule has 0 saturated carbocycles. The third-order valence-corrected chi connectivity index (χ3v) is 6.29. The molecule has 2 aromatic heterocycles. The highest BCUT2D eigenvalue weighted by atomic mass is 32.2. The number of rotatable bonds is 6. The molecule has 12 heteroatoms. The Morgan fingerprint density at radius 2 is 1.78 bits per heavy atom. The second-order valence-electron chi connectivity index (χ2n) is 7.69. The molecule has 2 aromatic carbocycles. The van der Waals surface area contributed by atoms with Crippen molar-refractivity contribution in [2.24, 2.45) is 0 Å². The van der Waals surface area contributed by atoms with Gasteiger partial charge >= 0.3 is 6.18 Å². The molecule has 0 fully saturated rings. The van der Waals surface area contributed by atoms with Crippen LogP contribution < -0.4 is 10.1 Å². The third kappa shape index (κ3) is 5.23. The van der Waals surface area contributed by atoms with Crippen LogP contribution in [0.15, 0.2) is 78.0 Å². The Bertz CT molecular complexity index is 1530. The van der Waals surface area contributed by atoms with Crippen LogP contribution in [0.25, 0.3) is 16.8 Å². The number of nitrogens with one attached hydrogen (secondary N) is 1. The minimum absolute atomic E-state index is 0.0428. The second kappa shape index (κ2) is 9.46. The maximum absolute atomic E-state index is 13.7. The van der Waals surface area contributed by atoms with E-state index in [0.717, 1.165) is 17.1 Å². The van der Waals surface area contributed by atoms with Crippen molar-refractivity contribution in [1.82, 2.24) is 14.8 Å². The van der Waals surface area contributed by atoms with Crippen molar-refractivity contribution in [3.63, 3.8) is 0 Å². The molecule has 0 saturated heterocycles. The number of anilines is 1. The molecule has 186 valence electrons. The van der Waals surface area contributed by atoms with Crippen LogP contribution in [0.3, 0.4) is 0 Å². The lowest BCUT2D eigenvalue weighted by Gasteiger charge is -2.11. The van der Waals surface area contributed by atoms with E-state index in [4.69, 9.17) is 4.74 Å². The van der Waals surface area contributed by atoms with Crippen molar-refractivity contribution in [1.29, 1.82) is 0 Å². The summed E-state index contributed by atoms with van der Waals surface area (Å²) in [7, 11) is -2.06. The lowest BCUT2D eigenvalue weighted by molar-refractivity contribution is -0.141. The normalized spacial score (nSPS) is 11.8. The van der Waals surface area contributed by atoms with E-state index in [1.54, 1.807) is 30.3 Å². The first-order valence-corrected chi connectivity index (χ1v) is 12.2. The summed E-state index contributed by atoms with van der Waals surface area (Å²) in [4.78, 5) is 17.1. The highest BCUT2D eigenvalue weighted by Crippen LogP contribution is 2.33. The summed E-state index contributed by atoms with van der Waals surface area (Å²) in [5.74, 6) is -0.623. The smallest absolute Gasteiger partial charge is 0.435 e. The quantitative estimate of drug-likeness (QED) is 0.401. The number of amides is 1. The predicted octanol–water partition coefficient (Wildman–Crippen LogP) is 4.62. The van der Waals surface area contributed by atoms with E-state index in [0.29, 0.717) is 16.9 Å². The molecule has 1 N–H and O–H groups in total. The number of alkyl halides is 3. The van der Waals surface area contributed by atoms with Crippen molar-refractivity contribution >= 4 is 21.6 Å². The average Bonchev–Trinajstić information content (AvgIpc) is 3.31. The number of ether oxygens (including phenoxy) is 1. The summed E-state index contributed by atoms with van der Waals surface area (Å²) in [6.45, 7) is 0. The van der Waals surface area contributed by atoms with E-state index < -0.39 is 33.2 Å². The Kier molecular flexibility index (Phi) is 6.55. The monoisotopic (exact) mass is 516 g/mol. The Balaban J connectivity index is 1.72. The number of benzene rings is 2. The van der Waals surface area contributed by atoms with Gasteiger partial charge in [0.25, 0.3) is 5.91 Å². The molecular weight excluding hydrogens is 497 g/mol. The summed E-state index contributed by atoms with van der Waals surface area (Å²) in [5, 5.41) is 6.00. The maximum Gasteiger partial charge on any atom is 0.435 e. The fourth-order valence-electron chi connectivity index (χ4n) is 3.42. The van der Waals surface area contributed by atoms with Gasteiger partial charge in [0.15, 0.2) is 15.5 Å². The van der Waals surface area contributed by atoms with E-state index in [2.05, 4.69) is 15.4 Å². The van der Waals surface area contributed by atoms with Crippen LogP contribution in [-0.4, -0.2) is 42.5 Å². The minimum Gasteiger partial charge on any atom is -0.497 e. The first-order chi connectivity index (χ1) is 17.0. The summed E-state index contributed by atoms with van der Waals surface area (Å²) >= 11 is 0. The number of pyridine rings is 1. The molecular formula is C24H19F3N4O4S. The van der Waals surface area contributed by atoms with Gasteiger partial charge in [0.1, 0.15) is 11.6 Å². The topological polar surface area (TPSA) is 103 Å². The van der Waals surface area contributed by atoms with E-state index in [1.807, 2.05) is 0 Å². The third-order valence-electron chi connectivity index (χ3n) is 5.18. The maximum atomic E-state index is 13.7. The molecule has 36 heavy (non-hydrogen) atoms. The predicted molar refractivity (Wildman–Crippen MR) is 126 cm³/mol. The number of halogens is 3. The molecule has 0 aliphatic carbocycles. The van der Waals surface area contributed by atoms with E-state index in [-0.39, 0.29) is 16.4 Å². The molecule has 0 radical (unpaired) electrons. The molecule has 0 aliphatic heterocycles. The van der Waals surface area contributed by atoms with Crippen LogP contribution in [0.1, 0.15) is 16.1 Å². The molecule has 0 unspecified atom stereocenters. The van der Waals surface area contributed by atoms with Crippen molar-refractivity contribution in [3.05, 3.63) is 84.3 Å². The fraction of sp³-hybridized carbons (Fsp3) is 0.125. The first kappa shape index (κ1) is 24.9. The molecule has 8 nitrogen and oxygen atoms in total. The van der Waals surface area contributed by atoms with Crippen molar-refractivity contribution in [2.45, 2.75) is 11.1 Å². The fourth-order valence-corrected chi connectivity index (χ4v) is 4.09. The molecule has 0 spiro atoms. The minimum atomic E-state index is -4.90. The molecule has 4 rings (SSSR count). The van der Waals surface area contributed by atoms with Crippen LogP contribution in [0.2, 0.25) is 0 Å². The van der Waals surface area contributed by atoms with Gasteiger partial charge in [-0.2, -0.15) is 18.3 Å². The highest BCUT2D eigenvalue weighted by Gasteiger charge is 2.39. The number of carbonyl (C=O) groups excluding carboxylic acids is 1. The average molecular weight is 517 g/mol. The Labute approximate surface area is 204 Å². The van der Waals surface area contributed by atoms with E-state index >= 15 is 0 Å². The zero-order valence-corrected chi connectivity index (χ0v) is 19.8. The molecule has 0 aliphatic rings. The van der Waals surface area contributed by atoms with Crippen LogP contribution in [-0.2, 0) is 16.0 Å². The van der Waals surface area contributed by atoms with Gasteiger partial charge in [-0.1, -0.05) is 12.1 Å². The second-order valence-corrected chi connectivity index (χ2v) is 9.70. The summed E-state index contributed by atoms with van der Waals surface area (Å²) in [6, 6.07) is 15.1. The highest BCUT2D eigenvalue weighted by molar-refractivity contribution is 7.90. The molecule has 0 bridgehead atoms. The summed E-state index contributed by atoms with van der Waals surface area (Å²) in [5.41, 5.74) is -1.05. The number of hydrogen-bond acceptors (Lipinski definition) is 6. The van der Waals surface area contributed by atoms with Crippen LogP contribution >= 0.6 is 0 Å². The summed E-state index contributed by atoms with van der Waals surface area (Å²) in [6.07, 6.45) is -1.52. The number of carbonyl (C=O) groups is 1. The number of methoxy groups -OCH3 is 1. The van der Waals surface area contributed by atoms with Crippen LogP contribution in [0, 0.1) is 0 Å². The lowest BCUT2D eigenvalue weighted by atomic mass is 10.1. The largest absolute Gasteiger partial charge is 0.497 e. The van der Waals surface area contributed by atoms with Gasteiger partial charge in [0.2, 0.25) is 0 Å². The number of sulfone groups is 1. The Morgan fingerprint density at radius 3 is 2.42 bits per heavy atom. The summed E-state index contributed by atoms with van der Waals surface area (Å²) < 4.78 is 71.1. The van der Waals surface area contributed by atoms with Gasteiger partial charge in [-0.15, -0.1) is 0 Å². The standard InChI is InChI=1S/C24H19F3N4O4S/c1-35-17-10-8-16(9-11-17)31-14-20(21(30-31)24(25,26)27)23(32)29-22-19(7-4-12-28-22)15-5-3-6-18(13-15)36(2,33)34/h3-14H,1-2H3,(H,28,29,32). The van der Waals surface area contributed by atoms with Crippen molar-refractivity contribution in [3.8, 4) is 22.6 Å². The molecule has 0 atom stereocenters. The first-order valence-electron chi connectivity index (χ1n) is 10.4. The zero-order chi connectivity index (χ0) is 26.1. The van der Waals surface area contributed by atoms with Crippen molar-refractivity contribution in [2.75, 3.05) is 18.7 Å². The van der Waals surface area contributed by atoms with Crippen LogP contribution in [0.5, 0.6) is 5.75 Å². The molecule has 4 aromatic rings. The molecule has 1 amide bonds. The van der Waals surface area contributed by atoms with Gasteiger partial charge in [0.05, 0.1) is 23.3 Å². The van der Waals surface area contributed by atoms with Gasteiger partial charge in [0, 0.05) is 24.2 Å². The number of aromatic nitrogens is 3. The van der Waals surface area contributed by atoms with Crippen LogP contribution in [0.4, 0.5) is 19.0 Å². The van der Waals surface area contributed by atoms with Gasteiger partial charge in [-0.25, -0.2) is 18.1 Å². The van der Waals surface area contributed by atoms with E-state index in [1.165, 1.54) is 43.6 Å². The zero-order valence-electron chi connectivity index (χ0n) is 18.9. The lowest BCUT2D eigenvalue weighted by Crippen LogP contribution is -2.18. The van der Waals surface area contributed by atoms with E-state index in [9.17, 15) is 26.4 Å². The van der Waals surface area contributed by atoms with Crippen molar-refractivity contribution < 1.29 is 31.1 Å². The molecule has 2 heterocycles. The number of hydrogen-bond donors (Lipinski definition) is 1. The van der Waals surface area contributed by atoms with Gasteiger partial charge in [-0.05, 0) is 54.1 Å². The van der Waals surface area contributed by atoms with Gasteiger partial charge < -0.3 is 10.1 Å². The Hall–Kier alpha value is -4.19. The van der Waals surface area contributed by atoms with Gasteiger partial charge in [-0.3, -0.25) is 4.79 Å². The SMILES string of the molecule is COc1ccc(-n2cc(C(=O)Nc3ncccc3-c3cccc(S(C)(=O)=O)c3)c(C(F)(F)F)n2)cc1. The number of nitrogens with zero attached hydrogens (tertiary/aromatic N) is 3.